The average molecular weight is 251 g/mol. The summed E-state index contributed by atoms with van der Waals surface area (Å²) < 4.78 is 0. The minimum atomic E-state index is -1.11. The molecule has 1 amide bonds. The second-order valence-corrected chi connectivity index (χ2v) is 6.19. The van der Waals surface area contributed by atoms with Crippen LogP contribution in [0.1, 0.15) is 47.0 Å². The molecule has 0 aromatic carbocycles. The van der Waals surface area contributed by atoms with Crippen LogP contribution in [0, 0.1) is 16.7 Å². The highest BCUT2D eigenvalue weighted by Gasteiger charge is 2.72. The van der Waals surface area contributed by atoms with Crippen molar-refractivity contribution in [2.45, 2.75) is 53.0 Å². The molecule has 3 unspecified atom stereocenters. The van der Waals surface area contributed by atoms with E-state index in [0.717, 1.165) is 6.42 Å². The summed E-state index contributed by atoms with van der Waals surface area (Å²) in [6.07, 6.45) is 1.98. The van der Waals surface area contributed by atoms with E-state index in [1.165, 1.54) is 0 Å². The third-order valence-corrected chi connectivity index (χ3v) is 5.08. The van der Waals surface area contributed by atoms with Gasteiger partial charge in [-0.3, -0.25) is 14.4 Å². The Bertz CT molecular complexity index is 427. The maximum Gasteiger partial charge on any atom is 0.234 e. The minimum absolute atomic E-state index is 0.0326. The largest absolute Gasteiger partial charge is 0.353 e. The normalized spacial score (nSPS) is 34.8. The van der Waals surface area contributed by atoms with Crippen LogP contribution in [-0.2, 0) is 14.4 Å². The monoisotopic (exact) mass is 251 g/mol. The van der Waals surface area contributed by atoms with Crippen molar-refractivity contribution < 1.29 is 14.4 Å². The van der Waals surface area contributed by atoms with Crippen molar-refractivity contribution in [3.63, 3.8) is 0 Å². The molecule has 2 bridgehead atoms. The lowest BCUT2D eigenvalue weighted by Crippen LogP contribution is -2.52. The van der Waals surface area contributed by atoms with E-state index in [0.29, 0.717) is 12.8 Å². The Morgan fingerprint density at radius 3 is 2.50 bits per heavy atom. The molecule has 18 heavy (non-hydrogen) atoms. The number of fused-ring (bicyclic) bond motifs is 2. The molecule has 2 aliphatic rings. The Labute approximate surface area is 108 Å². The summed E-state index contributed by atoms with van der Waals surface area (Å²) in [6, 6.07) is 0.0326. The summed E-state index contributed by atoms with van der Waals surface area (Å²) in [5, 5.41) is 2.88. The van der Waals surface area contributed by atoms with E-state index in [1.807, 2.05) is 27.7 Å². The van der Waals surface area contributed by atoms with Crippen molar-refractivity contribution >= 4 is 17.5 Å². The zero-order valence-corrected chi connectivity index (χ0v) is 11.5. The Kier molecular flexibility index (Phi) is 2.87. The molecule has 3 atom stereocenters. The summed E-state index contributed by atoms with van der Waals surface area (Å²) in [7, 11) is 0. The standard InChI is InChI=1S/C14H21NO3/c1-5-8(2)15-12(18)14-7-6-9(13(14,3)4)10(16)11(14)17/h8-9H,5-7H2,1-4H3,(H,15,18). The quantitative estimate of drug-likeness (QED) is 0.610. The van der Waals surface area contributed by atoms with E-state index >= 15 is 0 Å². The van der Waals surface area contributed by atoms with Gasteiger partial charge in [0.15, 0.2) is 0 Å². The van der Waals surface area contributed by atoms with Gasteiger partial charge < -0.3 is 5.32 Å². The van der Waals surface area contributed by atoms with Crippen LogP contribution in [0.2, 0.25) is 0 Å². The molecule has 2 rings (SSSR count). The number of rotatable bonds is 3. The molecular formula is C14H21NO3. The third kappa shape index (κ3) is 1.35. The van der Waals surface area contributed by atoms with E-state index < -0.39 is 16.6 Å². The van der Waals surface area contributed by atoms with Gasteiger partial charge in [0.25, 0.3) is 0 Å². The van der Waals surface area contributed by atoms with Crippen molar-refractivity contribution in [2.75, 3.05) is 0 Å². The van der Waals surface area contributed by atoms with Crippen LogP contribution >= 0.6 is 0 Å². The van der Waals surface area contributed by atoms with Gasteiger partial charge in [-0.2, -0.15) is 0 Å². The van der Waals surface area contributed by atoms with E-state index in [9.17, 15) is 14.4 Å². The Morgan fingerprint density at radius 2 is 2.06 bits per heavy atom. The molecule has 0 heterocycles. The van der Waals surface area contributed by atoms with Crippen LogP contribution in [0.25, 0.3) is 0 Å². The van der Waals surface area contributed by atoms with Gasteiger partial charge in [0.1, 0.15) is 5.41 Å². The lowest BCUT2D eigenvalue weighted by molar-refractivity contribution is -0.149. The van der Waals surface area contributed by atoms with E-state index in [2.05, 4.69) is 5.32 Å². The number of ketones is 2. The van der Waals surface area contributed by atoms with Gasteiger partial charge in [-0.1, -0.05) is 20.8 Å². The summed E-state index contributed by atoms with van der Waals surface area (Å²) in [5.41, 5.74) is -1.66. The molecule has 4 nitrogen and oxygen atoms in total. The number of carbonyl (C=O) groups excluding carboxylic acids is 3. The smallest absolute Gasteiger partial charge is 0.234 e. The molecule has 4 heteroatoms. The van der Waals surface area contributed by atoms with E-state index in [1.54, 1.807) is 0 Å². The topological polar surface area (TPSA) is 63.2 Å². The SMILES string of the molecule is CCC(C)NC(=O)C12CCC(C(=O)C1=O)C2(C)C. The molecule has 1 N–H and O–H groups in total. The Morgan fingerprint density at radius 1 is 1.44 bits per heavy atom. The minimum Gasteiger partial charge on any atom is -0.353 e. The van der Waals surface area contributed by atoms with Gasteiger partial charge in [-0.05, 0) is 31.6 Å². The highest BCUT2D eigenvalue weighted by Crippen LogP contribution is 2.62. The molecule has 2 aliphatic carbocycles. The maximum atomic E-state index is 12.5. The fraction of sp³-hybridized carbons (Fsp3) is 0.786. The molecular weight excluding hydrogens is 230 g/mol. The molecule has 0 spiro atoms. The summed E-state index contributed by atoms with van der Waals surface area (Å²) in [6.45, 7) is 7.65. The predicted octanol–water partition coefficient (Wildman–Crippen LogP) is 1.48. The van der Waals surface area contributed by atoms with Crippen LogP contribution in [-0.4, -0.2) is 23.5 Å². The second kappa shape index (κ2) is 3.90. The highest BCUT2D eigenvalue weighted by molar-refractivity contribution is 6.47. The summed E-state index contributed by atoms with van der Waals surface area (Å²) in [5.74, 6) is -1.33. The zero-order valence-electron chi connectivity index (χ0n) is 11.5. The molecule has 2 fully saturated rings. The number of carbonyl (C=O) groups is 3. The zero-order chi connectivity index (χ0) is 13.7. The number of amides is 1. The van der Waals surface area contributed by atoms with Gasteiger partial charge >= 0.3 is 0 Å². The van der Waals surface area contributed by atoms with Crippen LogP contribution in [0.5, 0.6) is 0 Å². The first-order valence-electron chi connectivity index (χ1n) is 6.68. The Hall–Kier alpha value is -1.19. The van der Waals surface area contributed by atoms with E-state index in [4.69, 9.17) is 0 Å². The van der Waals surface area contributed by atoms with Gasteiger partial charge in [0, 0.05) is 12.0 Å². The van der Waals surface area contributed by atoms with E-state index in [-0.39, 0.29) is 23.7 Å². The lowest BCUT2D eigenvalue weighted by atomic mass is 9.68. The molecule has 0 radical (unpaired) electrons. The molecule has 0 aromatic heterocycles. The van der Waals surface area contributed by atoms with Crippen LogP contribution in [0.15, 0.2) is 0 Å². The second-order valence-electron chi connectivity index (χ2n) is 6.19. The number of hydrogen-bond acceptors (Lipinski definition) is 3. The van der Waals surface area contributed by atoms with Gasteiger partial charge in [-0.25, -0.2) is 0 Å². The summed E-state index contributed by atoms with van der Waals surface area (Å²) >= 11 is 0. The predicted molar refractivity (Wildman–Crippen MR) is 66.8 cm³/mol. The average Bonchev–Trinajstić information content (AvgIpc) is 2.65. The van der Waals surface area contributed by atoms with Crippen LogP contribution in [0.4, 0.5) is 0 Å². The van der Waals surface area contributed by atoms with Crippen molar-refractivity contribution in [3.8, 4) is 0 Å². The molecule has 100 valence electrons. The highest BCUT2D eigenvalue weighted by atomic mass is 16.2. The number of hydrogen-bond donors (Lipinski definition) is 1. The number of Topliss-reactive ketones (excluding diaryl/α,β-unsaturated/α-hetero) is 2. The molecule has 0 saturated heterocycles. The fourth-order valence-corrected chi connectivity index (χ4v) is 3.53. The van der Waals surface area contributed by atoms with Gasteiger partial charge in [0.2, 0.25) is 17.5 Å². The van der Waals surface area contributed by atoms with Gasteiger partial charge in [0.05, 0.1) is 0 Å². The molecule has 0 aromatic rings. The lowest BCUT2D eigenvalue weighted by Gasteiger charge is -2.34. The van der Waals surface area contributed by atoms with Crippen molar-refractivity contribution in [1.29, 1.82) is 0 Å². The van der Waals surface area contributed by atoms with Crippen LogP contribution in [0.3, 0.4) is 0 Å². The molecule has 2 saturated carbocycles. The van der Waals surface area contributed by atoms with Crippen LogP contribution < -0.4 is 5.32 Å². The van der Waals surface area contributed by atoms with Crippen molar-refractivity contribution in [1.82, 2.24) is 5.32 Å². The number of nitrogens with one attached hydrogen (secondary N) is 1. The first kappa shape index (κ1) is 13.2. The fourth-order valence-electron chi connectivity index (χ4n) is 3.53. The van der Waals surface area contributed by atoms with Crippen molar-refractivity contribution in [2.24, 2.45) is 16.7 Å². The summed E-state index contributed by atoms with van der Waals surface area (Å²) in [4.78, 5) is 36.6. The Balaban J connectivity index is 2.37. The first-order valence-corrected chi connectivity index (χ1v) is 6.68. The molecule has 0 aliphatic heterocycles. The first-order chi connectivity index (χ1) is 8.29. The van der Waals surface area contributed by atoms with Gasteiger partial charge in [-0.15, -0.1) is 0 Å². The van der Waals surface area contributed by atoms with Crippen molar-refractivity contribution in [3.05, 3.63) is 0 Å². The maximum absolute atomic E-state index is 12.5. The third-order valence-electron chi connectivity index (χ3n) is 5.08.